The Morgan fingerprint density at radius 3 is 1.41 bits per heavy atom. The highest BCUT2D eigenvalue weighted by atomic mass is 16.6. The minimum Gasteiger partial charge on any atom is -0.396 e. The summed E-state index contributed by atoms with van der Waals surface area (Å²) in [6, 6.07) is 6.47. The number of benzene rings is 1. The molecule has 4 N–H and O–H groups in total. The van der Waals surface area contributed by atoms with E-state index >= 15 is 0 Å². The first-order chi connectivity index (χ1) is 37.2. The Morgan fingerprint density at radius 2 is 0.974 bits per heavy atom. The Bertz CT molecular complexity index is 2070. The summed E-state index contributed by atoms with van der Waals surface area (Å²) in [4.78, 5) is 38.8. The molecule has 0 spiro atoms. The molecule has 22 heteroatoms. The van der Waals surface area contributed by atoms with Crippen molar-refractivity contribution in [1.29, 1.82) is 0 Å². The monoisotopic (exact) mass is 1080 g/mol. The fourth-order valence-corrected chi connectivity index (χ4v) is 8.43. The number of carbonyl (C=O) groups excluding carboxylic acids is 2. The van der Waals surface area contributed by atoms with E-state index in [1.807, 2.05) is 6.92 Å². The molecule has 22 nitrogen and oxygen atoms in total. The number of nitrogen functional groups attached to an aromatic ring is 1. The molecule has 3 aromatic rings. The number of aromatic nitrogens is 3. The summed E-state index contributed by atoms with van der Waals surface area (Å²) in [6.07, 6.45) is 7.33. The summed E-state index contributed by atoms with van der Waals surface area (Å²) in [6.45, 7) is 21.0. The van der Waals surface area contributed by atoms with Crippen LogP contribution in [0.4, 0.5) is 5.82 Å². The Labute approximate surface area is 449 Å². The van der Waals surface area contributed by atoms with Crippen molar-refractivity contribution in [3.8, 4) is 0 Å². The van der Waals surface area contributed by atoms with Crippen LogP contribution in [-0.2, 0) is 81.1 Å². The van der Waals surface area contributed by atoms with Crippen LogP contribution < -0.4 is 5.73 Å². The number of amides is 2. The molecule has 2 aliphatic rings. The van der Waals surface area contributed by atoms with Crippen LogP contribution in [0.5, 0.6) is 0 Å². The van der Waals surface area contributed by atoms with Gasteiger partial charge in [-0.3, -0.25) is 19.4 Å². The molecule has 2 amide bonds. The highest BCUT2D eigenvalue weighted by Crippen LogP contribution is 2.32. The van der Waals surface area contributed by atoms with Gasteiger partial charge in [-0.05, 0) is 37.4 Å². The van der Waals surface area contributed by atoms with Crippen molar-refractivity contribution < 1.29 is 71.9 Å². The molecule has 76 heavy (non-hydrogen) atoms. The highest BCUT2D eigenvalue weighted by Gasteiger charge is 2.28. The van der Waals surface area contributed by atoms with Gasteiger partial charge in [0.1, 0.15) is 11.3 Å². The van der Waals surface area contributed by atoms with E-state index in [1.54, 1.807) is 0 Å². The number of rotatable bonds is 47. The molecule has 430 valence electrons. The maximum absolute atomic E-state index is 11.5. The lowest BCUT2D eigenvalue weighted by molar-refractivity contribution is -0.137. The molecule has 2 aromatic heterocycles. The van der Waals surface area contributed by atoms with Gasteiger partial charge in [0.15, 0.2) is 5.82 Å². The number of ether oxygens (including phenoxy) is 11. The molecule has 5 rings (SSSR count). The number of aliphatic hydroxyl groups excluding tert-OH is 2. The molecular formula is C54H89N7O15. The number of piperazine rings is 1. The Kier molecular flexibility index (Phi) is 31.4. The zero-order valence-electron chi connectivity index (χ0n) is 45.5. The van der Waals surface area contributed by atoms with Gasteiger partial charge in [-0.2, -0.15) is 0 Å². The summed E-state index contributed by atoms with van der Waals surface area (Å²) in [5.41, 5.74) is 9.52. The van der Waals surface area contributed by atoms with Gasteiger partial charge in [0.05, 0.1) is 176 Å². The minimum atomic E-state index is -0.691. The van der Waals surface area contributed by atoms with Crippen molar-refractivity contribution in [2.24, 2.45) is 5.41 Å². The number of carbonyl (C=O) groups is 2. The average Bonchev–Trinajstić information content (AvgIpc) is 3.97. The van der Waals surface area contributed by atoms with Gasteiger partial charge in [0.2, 0.25) is 0 Å². The number of imidazole rings is 1. The molecule has 1 fully saturated rings. The summed E-state index contributed by atoms with van der Waals surface area (Å²) >= 11 is 0. The first-order valence-corrected chi connectivity index (χ1v) is 27.4. The summed E-state index contributed by atoms with van der Waals surface area (Å²) < 4.78 is 63.2. The standard InChI is InChI=1S/C54H89N7O15/c1-3-4-7-48-57-51-52(61(48)42-54(2,43-62)44-63)46-9-8-45(41-47(46)56-53(51)55)6-5-12-58-13-15-59(16-14-58)17-19-66-21-23-68-25-27-70-29-31-72-33-35-74-37-39-76-40-38-75-36-34-73-32-30-71-28-26-69-24-22-67-20-18-60-49(64)10-11-50(60)65/h8-11,41,62-63H,3-7,12-40,42-44H2,1-2H3,(H2,55,56). The molecule has 1 saturated heterocycles. The van der Waals surface area contributed by atoms with Gasteiger partial charge in [0.25, 0.3) is 11.8 Å². The number of hydrogen-bond acceptors (Lipinski definition) is 20. The van der Waals surface area contributed by atoms with Crippen LogP contribution in [0.2, 0.25) is 0 Å². The lowest BCUT2D eigenvalue weighted by Gasteiger charge is -2.34. The predicted octanol–water partition coefficient (Wildman–Crippen LogP) is 2.16. The fraction of sp³-hybridized carbons (Fsp3) is 0.741. The fourth-order valence-electron chi connectivity index (χ4n) is 8.43. The molecule has 4 heterocycles. The van der Waals surface area contributed by atoms with Crippen LogP contribution in [0.25, 0.3) is 21.9 Å². The quantitative estimate of drug-likeness (QED) is 0.0542. The van der Waals surface area contributed by atoms with E-state index in [1.165, 1.54) is 17.7 Å². The molecule has 0 bridgehead atoms. The topological polar surface area (TPSA) is 243 Å². The van der Waals surface area contributed by atoms with Crippen LogP contribution in [0.15, 0.2) is 30.4 Å². The van der Waals surface area contributed by atoms with E-state index in [4.69, 9.17) is 67.8 Å². The summed E-state index contributed by atoms with van der Waals surface area (Å²) in [5.74, 6) is 0.704. The second-order valence-corrected chi connectivity index (χ2v) is 19.1. The number of nitrogens with two attached hydrogens (primary N) is 1. The van der Waals surface area contributed by atoms with Crippen LogP contribution in [0.3, 0.4) is 0 Å². The Hall–Kier alpha value is -3.82. The number of anilines is 1. The van der Waals surface area contributed by atoms with Crippen LogP contribution in [0, 0.1) is 5.41 Å². The largest absolute Gasteiger partial charge is 0.396 e. The van der Waals surface area contributed by atoms with Crippen molar-refractivity contribution >= 4 is 39.6 Å². The molecule has 0 aliphatic carbocycles. The Morgan fingerprint density at radius 1 is 0.553 bits per heavy atom. The van der Waals surface area contributed by atoms with Gasteiger partial charge >= 0.3 is 0 Å². The van der Waals surface area contributed by atoms with Crippen LogP contribution >= 0.6 is 0 Å². The number of fused-ring (bicyclic) bond motifs is 3. The Balaban J connectivity index is 0.732. The van der Waals surface area contributed by atoms with Crippen molar-refractivity contribution in [1.82, 2.24) is 29.2 Å². The van der Waals surface area contributed by atoms with E-state index < -0.39 is 5.41 Å². The molecule has 0 atom stereocenters. The van der Waals surface area contributed by atoms with Gasteiger partial charge in [-0.25, -0.2) is 9.97 Å². The van der Waals surface area contributed by atoms with Crippen LogP contribution in [0.1, 0.15) is 44.5 Å². The third-order valence-corrected chi connectivity index (χ3v) is 12.9. The third kappa shape index (κ3) is 23.6. The number of nitrogens with zero attached hydrogens (tertiary/aromatic N) is 6. The normalized spacial score (nSPS) is 14.8. The van der Waals surface area contributed by atoms with Crippen molar-refractivity contribution in [2.75, 3.05) is 210 Å². The summed E-state index contributed by atoms with van der Waals surface area (Å²) in [7, 11) is 0. The zero-order chi connectivity index (χ0) is 53.9. The number of pyridine rings is 1. The van der Waals surface area contributed by atoms with Crippen molar-refractivity contribution in [3.63, 3.8) is 0 Å². The van der Waals surface area contributed by atoms with E-state index in [9.17, 15) is 19.8 Å². The van der Waals surface area contributed by atoms with Crippen molar-refractivity contribution in [3.05, 3.63) is 41.7 Å². The molecule has 1 aromatic carbocycles. The van der Waals surface area contributed by atoms with Gasteiger partial charge < -0.3 is 77.5 Å². The second-order valence-electron chi connectivity index (χ2n) is 19.1. The van der Waals surface area contributed by atoms with Gasteiger partial charge in [0, 0.05) is 68.6 Å². The van der Waals surface area contributed by atoms with E-state index in [-0.39, 0.29) is 38.2 Å². The zero-order valence-corrected chi connectivity index (χ0v) is 45.5. The number of aryl methyl sites for hydroxylation is 2. The minimum absolute atomic E-state index is 0.132. The first-order valence-electron chi connectivity index (χ1n) is 27.4. The molecule has 0 unspecified atom stereocenters. The average molecular weight is 1080 g/mol. The number of hydrogen-bond donors (Lipinski definition) is 3. The molecule has 0 radical (unpaired) electrons. The smallest absolute Gasteiger partial charge is 0.253 e. The summed E-state index contributed by atoms with van der Waals surface area (Å²) in [5, 5.41) is 21.2. The highest BCUT2D eigenvalue weighted by molar-refractivity contribution is 6.12. The third-order valence-electron chi connectivity index (χ3n) is 12.9. The SMILES string of the molecule is CCCCc1nc2c(N)nc3cc(CCCN4CCN(CCOCCOCCOCCOCCOCCOCCOCCOCCOCCOCCOCCN5C(=O)C=CC5=O)CC4)ccc3c2n1CC(C)(CO)CO. The molecule has 0 saturated carbocycles. The number of unbranched alkanes of at least 4 members (excludes halogenated alkanes) is 1. The maximum atomic E-state index is 11.5. The van der Waals surface area contributed by atoms with Gasteiger partial charge in [-0.1, -0.05) is 32.4 Å². The first kappa shape index (κ1) is 63.0. The lowest BCUT2D eigenvalue weighted by Crippen LogP contribution is -2.47. The molecule has 2 aliphatic heterocycles. The van der Waals surface area contributed by atoms with E-state index in [0.717, 1.165) is 98.5 Å². The van der Waals surface area contributed by atoms with Gasteiger partial charge in [-0.15, -0.1) is 0 Å². The number of aliphatic hydroxyl groups is 2. The van der Waals surface area contributed by atoms with Crippen molar-refractivity contribution in [2.45, 2.75) is 52.5 Å². The number of imide groups is 1. The second kappa shape index (κ2) is 37.9. The lowest BCUT2D eigenvalue weighted by atomic mass is 9.92. The maximum Gasteiger partial charge on any atom is 0.253 e. The van der Waals surface area contributed by atoms with Crippen LogP contribution in [-0.4, -0.2) is 256 Å². The van der Waals surface area contributed by atoms with E-state index in [2.05, 4.69) is 39.5 Å². The predicted molar refractivity (Wildman–Crippen MR) is 286 cm³/mol. The molecular weight excluding hydrogens is 987 g/mol. The van der Waals surface area contributed by atoms with E-state index in [0.29, 0.717) is 157 Å².